The van der Waals surface area contributed by atoms with Gasteiger partial charge < -0.3 is 0 Å². The van der Waals surface area contributed by atoms with E-state index in [0.29, 0.717) is 11.1 Å². The zero-order valence-corrected chi connectivity index (χ0v) is 11.4. The second-order valence-electron chi connectivity index (χ2n) is 2.71. The number of carbonyl (C=O) groups excluding carboxylic acids is 2. The molecule has 0 N–H and O–H groups in total. The SMILES string of the molecule is C/C=C\C1=C(C)C(=O)N(C)C1=O.CC.CC. The topological polar surface area (TPSA) is 37.4 Å². The number of hydrogen-bond acceptors (Lipinski definition) is 2. The van der Waals surface area contributed by atoms with E-state index >= 15 is 0 Å². The van der Waals surface area contributed by atoms with Crippen molar-refractivity contribution < 1.29 is 9.59 Å². The molecule has 1 heterocycles. The first kappa shape index (κ1) is 17.0. The van der Waals surface area contributed by atoms with Gasteiger partial charge in [-0.3, -0.25) is 14.5 Å². The Morgan fingerprint density at radius 1 is 1.00 bits per heavy atom. The maximum Gasteiger partial charge on any atom is 0.260 e. The van der Waals surface area contributed by atoms with Crippen molar-refractivity contribution in [2.75, 3.05) is 7.05 Å². The molecule has 0 aromatic carbocycles. The summed E-state index contributed by atoms with van der Waals surface area (Å²) in [7, 11) is 1.49. The van der Waals surface area contributed by atoms with Crippen LogP contribution in [0.2, 0.25) is 0 Å². The summed E-state index contributed by atoms with van der Waals surface area (Å²) in [6.45, 7) is 11.5. The number of imide groups is 1. The molecule has 3 heteroatoms. The fourth-order valence-corrected chi connectivity index (χ4v) is 1.16. The molecular weight excluding hydrogens is 202 g/mol. The Kier molecular flexibility index (Phi) is 9.46. The summed E-state index contributed by atoms with van der Waals surface area (Å²) in [5, 5.41) is 0. The molecule has 0 aromatic heterocycles. The predicted octanol–water partition coefficient (Wildman–Crippen LogP) is 2.93. The van der Waals surface area contributed by atoms with Gasteiger partial charge in [-0.05, 0) is 13.8 Å². The highest BCUT2D eigenvalue weighted by molar-refractivity contribution is 6.20. The lowest BCUT2D eigenvalue weighted by Gasteiger charge is -2.04. The molecule has 0 fully saturated rings. The lowest BCUT2D eigenvalue weighted by atomic mass is 10.1. The summed E-state index contributed by atoms with van der Waals surface area (Å²) in [6, 6.07) is 0. The second kappa shape index (κ2) is 8.89. The molecule has 0 spiro atoms. The number of hydrogen-bond donors (Lipinski definition) is 0. The molecule has 16 heavy (non-hydrogen) atoms. The number of amides is 2. The summed E-state index contributed by atoms with van der Waals surface area (Å²) in [5.74, 6) is -0.413. The van der Waals surface area contributed by atoms with Crippen LogP contribution >= 0.6 is 0 Å². The number of rotatable bonds is 1. The third-order valence-electron chi connectivity index (χ3n) is 1.90. The van der Waals surface area contributed by atoms with Gasteiger partial charge in [0.05, 0.1) is 0 Å². The van der Waals surface area contributed by atoms with Crippen LogP contribution in [-0.4, -0.2) is 23.8 Å². The largest absolute Gasteiger partial charge is 0.278 e. The van der Waals surface area contributed by atoms with Crippen molar-refractivity contribution in [3.63, 3.8) is 0 Å². The first-order valence-electron chi connectivity index (χ1n) is 5.75. The van der Waals surface area contributed by atoms with Crippen molar-refractivity contribution >= 4 is 11.8 Å². The Labute approximate surface area is 98.8 Å². The van der Waals surface area contributed by atoms with Crippen molar-refractivity contribution in [2.45, 2.75) is 41.5 Å². The van der Waals surface area contributed by atoms with Crippen LogP contribution in [0.15, 0.2) is 23.3 Å². The molecule has 2 amide bonds. The van der Waals surface area contributed by atoms with E-state index in [1.807, 2.05) is 34.6 Å². The average molecular weight is 225 g/mol. The maximum absolute atomic E-state index is 11.3. The zero-order valence-electron chi connectivity index (χ0n) is 11.4. The molecule has 1 aliphatic rings. The van der Waals surface area contributed by atoms with Gasteiger partial charge in [0.1, 0.15) is 0 Å². The van der Waals surface area contributed by atoms with Crippen LogP contribution in [0.3, 0.4) is 0 Å². The van der Waals surface area contributed by atoms with E-state index in [2.05, 4.69) is 0 Å². The Balaban J connectivity index is 0. The quantitative estimate of drug-likeness (QED) is 0.643. The normalized spacial score (nSPS) is 14.8. The highest BCUT2D eigenvalue weighted by Crippen LogP contribution is 2.19. The van der Waals surface area contributed by atoms with Gasteiger partial charge in [-0.25, -0.2) is 0 Å². The third-order valence-corrected chi connectivity index (χ3v) is 1.90. The monoisotopic (exact) mass is 225 g/mol. The highest BCUT2D eigenvalue weighted by Gasteiger charge is 2.30. The van der Waals surface area contributed by atoms with E-state index in [0.717, 1.165) is 4.90 Å². The molecule has 0 radical (unpaired) electrons. The molecule has 0 aliphatic carbocycles. The van der Waals surface area contributed by atoms with Crippen LogP contribution in [0, 0.1) is 0 Å². The van der Waals surface area contributed by atoms with E-state index in [1.54, 1.807) is 19.1 Å². The van der Waals surface area contributed by atoms with Gasteiger partial charge in [0.15, 0.2) is 0 Å². The highest BCUT2D eigenvalue weighted by atomic mass is 16.2. The molecule has 0 saturated carbocycles. The van der Waals surface area contributed by atoms with Crippen LogP contribution in [0.5, 0.6) is 0 Å². The molecular formula is C13H23NO2. The van der Waals surface area contributed by atoms with Crippen LogP contribution in [-0.2, 0) is 9.59 Å². The standard InChI is InChI=1S/C9H11NO2.2C2H6/c1-4-5-7-6(2)8(11)10(3)9(7)12;2*1-2/h4-5H,1-3H3;2*1-2H3/b5-4-;;. The predicted molar refractivity (Wildman–Crippen MR) is 68.0 cm³/mol. The fourth-order valence-electron chi connectivity index (χ4n) is 1.16. The molecule has 0 unspecified atom stereocenters. The molecule has 0 aromatic rings. The van der Waals surface area contributed by atoms with Crippen LogP contribution in [0.4, 0.5) is 0 Å². The van der Waals surface area contributed by atoms with Gasteiger partial charge in [-0.2, -0.15) is 0 Å². The summed E-state index contributed by atoms with van der Waals surface area (Å²) >= 11 is 0. The zero-order chi connectivity index (χ0) is 13.3. The fraction of sp³-hybridized carbons (Fsp3) is 0.538. The molecule has 0 atom stereocenters. The van der Waals surface area contributed by atoms with E-state index in [-0.39, 0.29) is 11.8 Å². The van der Waals surface area contributed by atoms with Gasteiger partial charge in [0.25, 0.3) is 11.8 Å². The minimum Gasteiger partial charge on any atom is -0.278 e. The van der Waals surface area contributed by atoms with Crippen molar-refractivity contribution in [1.82, 2.24) is 4.90 Å². The van der Waals surface area contributed by atoms with Crippen LogP contribution < -0.4 is 0 Å². The summed E-state index contributed by atoms with van der Waals surface area (Å²) in [4.78, 5) is 23.7. The minimum absolute atomic E-state index is 0.201. The van der Waals surface area contributed by atoms with Crippen LogP contribution in [0.1, 0.15) is 41.5 Å². The molecule has 0 saturated heterocycles. The van der Waals surface area contributed by atoms with Crippen molar-refractivity contribution in [1.29, 1.82) is 0 Å². The van der Waals surface area contributed by atoms with Gasteiger partial charge in [-0.1, -0.05) is 39.8 Å². The van der Waals surface area contributed by atoms with Gasteiger partial charge in [0.2, 0.25) is 0 Å². The second-order valence-corrected chi connectivity index (χ2v) is 2.71. The molecule has 1 rings (SSSR count). The number of nitrogens with zero attached hydrogens (tertiary/aromatic N) is 1. The van der Waals surface area contributed by atoms with Gasteiger partial charge >= 0.3 is 0 Å². The summed E-state index contributed by atoms with van der Waals surface area (Å²) < 4.78 is 0. The number of likely N-dealkylation sites (N-methyl/N-ethyl adjacent to an activating group) is 1. The summed E-state index contributed by atoms with van der Waals surface area (Å²) in [5.41, 5.74) is 1.03. The van der Waals surface area contributed by atoms with Gasteiger partial charge in [0, 0.05) is 18.2 Å². The Hall–Kier alpha value is -1.38. The maximum atomic E-state index is 11.3. The van der Waals surface area contributed by atoms with E-state index in [9.17, 15) is 9.59 Å². The van der Waals surface area contributed by atoms with E-state index in [4.69, 9.17) is 0 Å². The summed E-state index contributed by atoms with van der Waals surface area (Å²) in [6.07, 6.45) is 3.42. The number of allylic oxidation sites excluding steroid dienone is 1. The molecule has 0 bridgehead atoms. The third kappa shape index (κ3) is 3.65. The van der Waals surface area contributed by atoms with Crippen molar-refractivity contribution in [2.24, 2.45) is 0 Å². The van der Waals surface area contributed by atoms with Crippen molar-refractivity contribution in [3.05, 3.63) is 23.3 Å². The molecule has 3 nitrogen and oxygen atoms in total. The lowest BCUT2D eigenvalue weighted by Crippen LogP contribution is -2.26. The lowest BCUT2D eigenvalue weighted by molar-refractivity contribution is -0.135. The first-order chi connectivity index (χ1) is 7.59. The Morgan fingerprint density at radius 3 is 1.69 bits per heavy atom. The first-order valence-corrected chi connectivity index (χ1v) is 5.75. The van der Waals surface area contributed by atoms with Crippen molar-refractivity contribution in [3.8, 4) is 0 Å². The Morgan fingerprint density at radius 2 is 1.44 bits per heavy atom. The van der Waals surface area contributed by atoms with Crippen LogP contribution in [0.25, 0.3) is 0 Å². The average Bonchev–Trinajstić information content (AvgIpc) is 2.52. The van der Waals surface area contributed by atoms with Gasteiger partial charge in [-0.15, -0.1) is 0 Å². The molecule has 1 aliphatic heterocycles. The molecule has 92 valence electrons. The minimum atomic E-state index is -0.212. The number of carbonyl (C=O) groups is 2. The van der Waals surface area contributed by atoms with E-state index < -0.39 is 0 Å². The Bertz CT molecular complexity index is 301. The van der Waals surface area contributed by atoms with E-state index in [1.165, 1.54) is 7.05 Å². The smallest absolute Gasteiger partial charge is 0.260 e.